The monoisotopic (exact) mass is 410 g/mol. The molecule has 0 aliphatic heterocycles. The molecule has 0 bridgehead atoms. The molecule has 0 heterocycles. The minimum atomic E-state index is -1.48. The van der Waals surface area contributed by atoms with E-state index in [0.717, 1.165) is 5.56 Å². The maximum absolute atomic E-state index is 12.1. The Hall–Kier alpha value is -2.55. The van der Waals surface area contributed by atoms with Crippen molar-refractivity contribution in [3.05, 3.63) is 35.9 Å². The fourth-order valence-corrected chi connectivity index (χ4v) is 3.04. The summed E-state index contributed by atoms with van der Waals surface area (Å²) in [5, 5.41) is 15.8. The van der Waals surface area contributed by atoms with E-state index in [-0.39, 0.29) is 36.1 Å². The SMILES string of the molecule is CC(NC(=O)OCc1ccccc1)C(=O)NC(CCC(=O)C[S+](C)C)C(=O)[O-]. The number of carbonyl (C=O) groups excluding carboxylic acids is 4. The summed E-state index contributed by atoms with van der Waals surface area (Å²) in [5.74, 6) is -1.88. The lowest BCUT2D eigenvalue weighted by atomic mass is 10.1. The maximum atomic E-state index is 12.1. The van der Waals surface area contributed by atoms with Gasteiger partial charge in [-0.1, -0.05) is 30.3 Å². The Morgan fingerprint density at radius 2 is 1.75 bits per heavy atom. The number of Topliss-reactive ketones (excluding diaryl/α,β-unsaturated/α-hetero) is 1. The van der Waals surface area contributed by atoms with Gasteiger partial charge >= 0.3 is 6.09 Å². The Kier molecular flexibility index (Phi) is 10.1. The number of carboxylic acids is 1. The molecule has 2 atom stereocenters. The van der Waals surface area contributed by atoms with Gasteiger partial charge in [0.15, 0.2) is 11.5 Å². The molecule has 1 aromatic rings. The van der Waals surface area contributed by atoms with Crippen LogP contribution in [0.1, 0.15) is 25.3 Å². The van der Waals surface area contributed by atoms with Crippen LogP contribution in [0, 0.1) is 0 Å². The summed E-state index contributed by atoms with van der Waals surface area (Å²) in [5.41, 5.74) is 0.790. The van der Waals surface area contributed by atoms with Crippen LogP contribution < -0.4 is 15.7 Å². The third-order valence-electron chi connectivity index (χ3n) is 3.70. The van der Waals surface area contributed by atoms with Crippen LogP contribution in [0.4, 0.5) is 4.79 Å². The molecule has 0 saturated heterocycles. The lowest BCUT2D eigenvalue weighted by Gasteiger charge is -2.22. The van der Waals surface area contributed by atoms with Gasteiger partial charge in [0.25, 0.3) is 0 Å². The lowest BCUT2D eigenvalue weighted by molar-refractivity contribution is -0.308. The molecule has 2 N–H and O–H groups in total. The Morgan fingerprint density at radius 3 is 2.32 bits per heavy atom. The van der Waals surface area contributed by atoms with Crippen molar-refractivity contribution < 1.29 is 29.0 Å². The molecule has 0 fully saturated rings. The number of alkyl carbamates (subject to hydrolysis) is 1. The van der Waals surface area contributed by atoms with E-state index in [1.165, 1.54) is 6.92 Å². The molecule has 0 aliphatic carbocycles. The van der Waals surface area contributed by atoms with E-state index >= 15 is 0 Å². The smallest absolute Gasteiger partial charge is 0.408 e. The third kappa shape index (κ3) is 9.40. The van der Waals surface area contributed by atoms with Gasteiger partial charge in [-0.2, -0.15) is 0 Å². The molecule has 1 aromatic carbocycles. The molecule has 28 heavy (non-hydrogen) atoms. The minimum Gasteiger partial charge on any atom is -0.548 e. The highest BCUT2D eigenvalue weighted by Crippen LogP contribution is 2.03. The number of carbonyl (C=O) groups is 4. The van der Waals surface area contributed by atoms with Crippen LogP contribution in [-0.4, -0.2) is 54.1 Å². The molecule has 0 spiro atoms. The summed E-state index contributed by atoms with van der Waals surface area (Å²) < 4.78 is 5.01. The highest BCUT2D eigenvalue weighted by Gasteiger charge is 2.22. The average molecular weight is 410 g/mol. The molecule has 1 rings (SSSR count). The first-order valence-electron chi connectivity index (χ1n) is 8.73. The van der Waals surface area contributed by atoms with Crippen molar-refractivity contribution in [2.45, 2.75) is 38.5 Å². The van der Waals surface area contributed by atoms with E-state index in [0.29, 0.717) is 5.75 Å². The molecule has 0 aliphatic rings. The summed E-state index contributed by atoms with van der Waals surface area (Å²) in [4.78, 5) is 46.9. The summed E-state index contributed by atoms with van der Waals surface area (Å²) in [6.07, 6.45) is 3.00. The van der Waals surface area contributed by atoms with E-state index < -0.39 is 30.1 Å². The van der Waals surface area contributed by atoms with Crippen LogP contribution in [0.5, 0.6) is 0 Å². The van der Waals surface area contributed by atoms with Gasteiger partial charge in [-0.25, -0.2) is 4.79 Å². The highest BCUT2D eigenvalue weighted by atomic mass is 32.2. The van der Waals surface area contributed by atoms with E-state index in [1.807, 2.05) is 18.6 Å². The zero-order valence-electron chi connectivity index (χ0n) is 16.2. The van der Waals surface area contributed by atoms with E-state index in [1.54, 1.807) is 24.3 Å². The summed E-state index contributed by atoms with van der Waals surface area (Å²) in [7, 11) is -0.0733. The Morgan fingerprint density at radius 1 is 1.11 bits per heavy atom. The van der Waals surface area contributed by atoms with Gasteiger partial charge in [0, 0.05) is 6.42 Å². The van der Waals surface area contributed by atoms with Crippen molar-refractivity contribution in [1.29, 1.82) is 0 Å². The first-order chi connectivity index (χ1) is 13.2. The van der Waals surface area contributed by atoms with Gasteiger partial charge in [-0.3, -0.25) is 9.59 Å². The number of nitrogens with one attached hydrogen (secondary N) is 2. The van der Waals surface area contributed by atoms with E-state index in [2.05, 4.69) is 10.6 Å². The van der Waals surface area contributed by atoms with Crippen molar-refractivity contribution in [3.8, 4) is 0 Å². The van der Waals surface area contributed by atoms with Crippen LogP contribution in [0.15, 0.2) is 30.3 Å². The largest absolute Gasteiger partial charge is 0.548 e. The molecule has 154 valence electrons. The van der Waals surface area contributed by atoms with Crippen molar-refractivity contribution in [3.63, 3.8) is 0 Å². The standard InChI is InChI=1S/C19H26N2O6S/c1-13(20-19(26)27-11-14-7-5-4-6-8-14)17(23)21-16(18(24)25)10-9-15(22)12-28(2)3/h4-8,13,16H,9-12H2,1-3H3,(H2-,20,21,23,24,25,26). The van der Waals surface area contributed by atoms with Gasteiger partial charge in [-0.15, -0.1) is 0 Å². The molecule has 9 heteroatoms. The minimum absolute atomic E-state index is 0.0328. The van der Waals surface area contributed by atoms with Gasteiger partial charge < -0.3 is 25.3 Å². The molecule has 2 unspecified atom stereocenters. The number of ketones is 1. The first-order valence-corrected chi connectivity index (χ1v) is 10.9. The average Bonchev–Trinajstić information content (AvgIpc) is 2.63. The number of amides is 2. The number of carboxylic acid groups (broad SMARTS) is 1. The fraction of sp³-hybridized carbons (Fsp3) is 0.474. The third-order valence-corrected chi connectivity index (χ3v) is 4.60. The molecule has 0 radical (unpaired) electrons. The normalized spacial score (nSPS) is 12.7. The predicted molar refractivity (Wildman–Crippen MR) is 104 cm³/mol. The number of hydrogen-bond donors (Lipinski definition) is 2. The van der Waals surface area contributed by atoms with Crippen molar-refractivity contribution >= 4 is 34.6 Å². The molecular weight excluding hydrogens is 384 g/mol. The van der Waals surface area contributed by atoms with Crippen molar-refractivity contribution in [1.82, 2.24) is 10.6 Å². The first kappa shape index (κ1) is 23.5. The number of benzene rings is 1. The quantitative estimate of drug-likeness (QED) is 0.485. The summed E-state index contributed by atoms with van der Waals surface area (Å²) in [6, 6.07) is 6.69. The van der Waals surface area contributed by atoms with Gasteiger partial charge in [0.05, 0.1) is 24.5 Å². The molecule has 0 aromatic heterocycles. The van der Waals surface area contributed by atoms with Crippen molar-refractivity contribution in [2.24, 2.45) is 0 Å². The van der Waals surface area contributed by atoms with Gasteiger partial charge in [0.1, 0.15) is 12.6 Å². The lowest BCUT2D eigenvalue weighted by Crippen LogP contribution is -2.53. The zero-order chi connectivity index (χ0) is 21.1. The number of ether oxygens (including phenoxy) is 1. The Labute approximate surface area is 167 Å². The van der Waals surface area contributed by atoms with Gasteiger partial charge in [0.2, 0.25) is 5.91 Å². The molecule has 2 amide bonds. The van der Waals surface area contributed by atoms with Crippen LogP contribution >= 0.6 is 0 Å². The Balaban J connectivity index is 2.45. The van der Waals surface area contributed by atoms with Crippen molar-refractivity contribution in [2.75, 3.05) is 18.3 Å². The number of aliphatic carboxylic acids is 1. The topological polar surface area (TPSA) is 125 Å². The highest BCUT2D eigenvalue weighted by molar-refractivity contribution is 7.96. The molecule has 8 nitrogen and oxygen atoms in total. The van der Waals surface area contributed by atoms with E-state index in [4.69, 9.17) is 4.74 Å². The Bertz CT molecular complexity index is 680. The predicted octanol–water partition coefficient (Wildman–Crippen LogP) is -0.237. The summed E-state index contributed by atoms with van der Waals surface area (Å²) in [6.45, 7) is 1.44. The molecular formula is C19H26N2O6S. The summed E-state index contributed by atoms with van der Waals surface area (Å²) >= 11 is 0. The van der Waals surface area contributed by atoms with Crippen LogP contribution in [-0.2, 0) is 36.6 Å². The fourth-order valence-electron chi connectivity index (χ4n) is 2.25. The number of hydrogen-bond acceptors (Lipinski definition) is 6. The number of rotatable bonds is 11. The second kappa shape index (κ2) is 12.0. The zero-order valence-corrected chi connectivity index (χ0v) is 17.0. The second-order valence-electron chi connectivity index (χ2n) is 6.52. The second-order valence-corrected chi connectivity index (χ2v) is 8.78. The van der Waals surface area contributed by atoms with Crippen LogP contribution in [0.25, 0.3) is 0 Å². The van der Waals surface area contributed by atoms with Crippen LogP contribution in [0.2, 0.25) is 0 Å². The maximum Gasteiger partial charge on any atom is 0.408 e. The van der Waals surface area contributed by atoms with Crippen LogP contribution in [0.3, 0.4) is 0 Å². The van der Waals surface area contributed by atoms with E-state index in [9.17, 15) is 24.3 Å². The van der Waals surface area contributed by atoms with Gasteiger partial charge in [-0.05, 0) is 29.8 Å². The molecule has 0 saturated carbocycles.